The number of rotatable bonds is 0. The van der Waals surface area contributed by atoms with Crippen molar-refractivity contribution in [3.63, 3.8) is 0 Å². The molecule has 0 radical (unpaired) electrons. The van der Waals surface area contributed by atoms with Crippen molar-refractivity contribution >= 4 is 34.4 Å². The maximum atomic E-state index is 12.9. The van der Waals surface area contributed by atoms with Crippen LogP contribution in [0.4, 0.5) is 0 Å². The molecular weight excluding hydrogens is 342 g/mol. The number of imide groups is 1. The van der Waals surface area contributed by atoms with Crippen molar-refractivity contribution in [2.45, 2.75) is 45.8 Å². The van der Waals surface area contributed by atoms with E-state index in [2.05, 4.69) is 32.2 Å². The Hall–Kier alpha value is -1.92. The highest BCUT2D eigenvalue weighted by atomic mass is 32.2. The van der Waals surface area contributed by atoms with Crippen molar-refractivity contribution in [1.82, 2.24) is 5.32 Å². The van der Waals surface area contributed by atoms with Crippen LogP contribution in [0.3, 0.4) is 0 Å². The molecule has 4 rings (SSSR count). The van der Waals surface area contributed by atoms with Gasteiger partial charge < -0.3 is 0 Å². The first-order valence-corrected chi connectivity index (χ1v) is 9.50. The third kappa shape index (κ3) is 2.24. The van der Waals surface area contributed by atoms with Crippen LogP contribution in [-0.4, -0.2) is 16.0 Å². The highest BCUT2D eigenvalue weighted by Crippen LogP contribution is 2.45. The lowest BCUT2D eigenvalue weighted by Crippen LogP contribution is -2.19. The zero-order valence-corrected chi connectivity index (χ0v) is 15.1. The average Bonchev–Trinajstić information content (AvgIpc) is 2.79. The number of fused-ring (bicyclic) bond motifs is 3. The lowest BCUT2D eigenvalue weighted by Gasteiger charge is -2.24. The third-order valence-electron chi connectivity index (χ3n) is 4.23. The van der Waals surface area contributed by atoms with Crippen LogP contribution < -0.4 is 5.32 Å². The maximum absolute atomic E-state index is 12.9. The lowest BCUT2D eigenvalue weighted by atomic mass is 9.87. The summed E-state index contributed by atoms with van der Waals surface area (Å²) in [5.74, 6) is -0.813. The monoisotopic (exact) mass is 357 g/mol. The molecule has 1 N–H and O–H groups in total. The molecule has 2 aromatic carbocycles. The normalized spacial score (nSPS) is 18.7. The van der Waals surface area contributed by atoms with Crippen molar-refractivity contribution in [3.8, 4) is 0 Å². The van der Waals surface area contributed by atoms with E-state index in [4.69, 9.17) is 0 Å². The smallest absolute Gasteiger partial charge is 0.258 e. The van der Waals surface area contributed by atoms with E-state index in [9.17, 15) is 13.8 Å². The number of amides is 2. The highest BCUT2D eigenvalue weighted by molar-refractivity contribution is 8.01. The number of carbonyl (C=O) groups excluding carboxylic acids is 2. The van der Waals surface area contributed by atoms with Crippen molar-refractivity contribution < 1.29 is 13.8 Å². The minimum atomic E-state index is -1.36. The molecule has 1 unspecified atom stereocenters. The van der Waals surface area contributed by atoms with Gasteiger partial charge in [-0.05, 0) is 35.2 Å². The van der Waals surface area contributed by atoms with Gasteiger partial charge in [0.05, 0.1) is 31.7 Å². The first kappa shape index (κ1) is 15.6. The van der Waals surface area contributed by atoms with E-state index in [-0.39, 0.29) is 5.41 Å². The third-order valence-corrected chi connectivity index (χ3v) is 7.10. The fraction of sp³-hybridized carbons (Fsp3) is 0.222. The molecule has 2 aromatic rings. The van der Waals surface area contributed by atoms with Crippen LogP contribution in [0.1, 0.15) is 47.1 Å². The molecule has 6 heteroatoms. The Labute approximate surface area is 146 Å². The molecule has 2 heterocycles. The Morgan fingerprint density at radius 2 is 1.54 bits per heavy atom. The van der Waals surface area contributed by atoms with Gasteiger partial charge in [0.25, 0.3) is 11.8 Å². The number of hydrogen-bond acceptors (Lipinski definition) is 4. The van der Waals surface area contributed by atoms with Crippen LogP contribution in [0.25, 0.3) is 0 Å². The standard InChI is InChI=1S/C18H15NO3S2/c1-18(2,3)9-4-5-14-12(6-9)23-13-7-10-11(8-15(13)24(14)22)17(21)19-16(10)20/h4-8H,1-3H3,(H,19,20,21). The summed E-state index contributed by atoms with van der Waals surface area (Å²) in [6, 6.07) is 9.25. The van der Waals surface area contributed by atoms with Crippen LogP contribution in [0.2, 0.25) is 0 Å². The van der Waals surface area contributed by atoms with Gasteiger partial charge in [0, 0.05) is 9.79 Å². The van der Waals surface area contributed by atoms with Crippen molar-refractivity contribution in [2.24, 2.45) is 0 Å². The van der Waals surface area contributed by atoms with Crippen LogP contribution in [0.5, 0.6) is 0 Å². The summed E-state index contributed by atoms with van der Waals surface area (Å²) in [5.41, 5.74) is 1.84. The van der Waals surface area contributed by atoms with Crippen LogP contribution in [0.15, 0.2) is 49.9 Å². The topological polar surface area (TPSA) is 63.2 Å². The molecule has 0 bridgehead atoms. The van der Waals surface area contributed by atoms with Gasteiger partial charge >= 0.3 is 0 Å². The molecule has 0 aliphatic carbocycles. The summed E-state index contributed by atoms with van der Waals surface area (Å²) < 4.78 is 12.9. The molecule has 0 saturated carbocycles. The fourth-order valence-corrected chi connectivity index (χ4v) is 5.61. The second-order valence-electron chi connectivity index (χ2n) is 6.91. The van der Waals surface area contributed by atoms with Gasteiger partial charge in [0.15, 0.2) is 0 Å². The van der Waals surface area contributed by atoms with Gasteiger partial charge in [-0.1, -0.05) is 38.6 Å². The summed E-state index contributed by atoms with van der Waals surface area (Å²) in [5, 5.41) is 2.28. The molecule has 2 aliphatic heterocycles. The molecule has 24 heavy (non-hydrogen) atoms. The van der Waals surface area contributed by atoms with E-state index in [1.807, 2.05) is 12.1 Å². The largest absolute Gasteiger partial charge is 0.288 e. The van der Waals surface area contributed by atoms with Gasteiger partial charge in [0.1, 0.15) is 0 Å². The average molecular weight is 357 g/mol. The Morgan fingerprint density at radius 1 is 0.917 bits per heavy atom. The molecule has 0 aromatic heterocycles. The molecule has 2 amide bonds. The zero-order chi connectivity index (χ0) is 17.2. The van der Waals surface area contributed by atoms with Gasteiger partial charge in [-0.2, -0.15) is 0 Å². The molecule has 0 fully saturated rings. The maximum Gasteiger partial charge on any atom is 0.258 e. The number of carbonyl (C=O) groups is 2. The SMILES string of the molecule is CC(C)(C)c1ccc2c(c1)Sc1cc3c(cc1S2=O)C(=O)NC3=O. The van der Waals surface area contributed by atoms with Gasteiger partial charge in [-0.3, -0.25) is 14.9 Å². The summed E-state index contributed by atoms with van der Waals surface area (Å²) >= 11 is 1.50. The summed E-state index contributed by atoms with van der Waals surface area (Å²) in [6.45, 7) is 6.40. The summed E-state index contributed by atoms with van der Waals surface area (Å²) in [6.07, 6.45) is 0. The Morgan fingerprint density at radius 3 is 2.21 bits per heavy atom. The van der Waals surface area contributed by atoms with Crippen LogP contribution in [-0.2, 0) is 16.2 Å². The van der Waals surface area contributed by atoms with E-state index < -0.39 is 22.6 Å². The second-order valence-corrected chi connectivity index (χ2v) is 9.41. The van der Waals surface area contributed by atoms with E-state index in [0.29, 0.717) is 16.0 Å². The predicted molar refractivity (Wildman–Crippen MR) is 92.2 cm³/mol. The summed E-state index contributed by atoms with van der Waals surface area (Å²) in [4.78, 5) is 26.8. The van der Waals surface area contributed by atoms with E-state index in [0.717, 1.165) is 14.7 Å². The highest BCUT2D eigenvalue weighted by Gasteiger charge is 2.32. The minimum Gasteiger partial charge on any atom is -0.288 e. The second kappa shape index (κ2) is 5.04. The van der Waals surface area contributed by atoms with Crippen molar-refractivity contribution in [3.05, 3.63) is 47.0 Å². The quantitative estimate of drug-likeness (QED) is 0.626. The summed E-state index contributed by atoms with van der Waals surface area (Å²) in [7, 11) is -1.36. The van der Waals surface area contributed by atoms with Crippen LogP contribution >= 0.6 is 11.8 Å². The number of hydrogen-bond donors (Lipinski definition) is 1. The van der Waals surface area contributed by atoms with Crippen molar-refractivity contribution in [1.29, 1.82) is 0 Å². The van der Waals surface area contributed by atoms with Crippen LogP contribution in [0, 0.1) is 0 Å². The fourth-order valence-electron chi connectivity index (χ4n) is 2.84. The predicted octanol–water partition coefficient (Wildman–Crippen LogP) is 3.50. The lowest BCUT2D eigenvalue weighted by molar-refractivity contribution is 0.0879. The molecule has 2 aliphatic rings. The zero-order valence-electron chi connectivity index (χ0n) is 13.4. The molecule has 1 atom stereocenters. The molecule has 0 saturated heterocycles. The van der Waals surface area contributed by atoms with E-state index >= 15 is 0 Å². The number of nitrogens with one attached hydrogen (secondary N) is 1. The van der Waals surface area contributed by atoms with Crippen molar-refractivity contribution in [2.75, 3.05) is 0 Å². The van der Waals surface area contributed by atoms with Gasteiger partial charge in [-0.25, -0.2) is 4.21 Å². The molecule has 0 spiro atoms. The van der Waals surface area contributed by atoms with E-state index in [1.54, 1.807) is 12.1 Å². The van der Waals surface area contributed by atoms with Gasteiger partial charge in [-0.15, -0.1) is 0 Å². The Balaban J connectivity index is 1.87. The van der Waals surface area contributed by atoms with Gasteiger partial charge in [0.2, 0.25) is 0 Å². The molecule has 122 valence electrons. The first-order chi connectivity index (χ1) is 11.3. The molecule has 4 nitrogen and oxygen atoms in total. The Bertz CT molecular complexity index is 957. The van der Waals surface area contributed by atoms with E-state index in [1.165, 1.54) is 17.3 Å². The first-order valence-electron chi connectivity index (χ1n) is 7.53. The minimum absolute atomic E-state index is 0.00159. The Kier molecular flexibility index (Phi) is 3.27. The molecular formula is C18H15NO3S2. The number of benzene rings is 2.